The number of alkyl halides is 3. The smallest absolute Gasteiger partial charge is 0.476 e. The Morgan fingerprint density at radius 3 is 2.59 bits per heavy atom. The van der Waals surface area contributed by atoms with Gasteiger partial charge in [0.1, 0.15) is 12.6 Å². The van der Waals surface area contributed by atoms with Gasteiger partial charge in [0.05, 0.1) is 11.2 Å². The SMILES string of the molecule is C[C@@]12C[C@@H](C(=O)Nc3cccc(OC(F)(F)F)c3F)N(C(=O)Cn3nc(C(=O)O)c4ccccc43)[C@@H]1C2. The van der Waals surface area contributed by atoms with Crippen molar-refractivity contribution in [3.63, 3.8) is 0 Å². The maximum atomic E-state index is 14.6. The van der Waals surface area contributed by atoms with Gasteiger partial charge >= 0.3 is 12.3 Å². The minimum Gasteiger partial charge on any atom is -0.476 e. The number of carboxylic acids is 1. The van der Waals surface area contributed by atoms with Gasteiger partial charge in [0.15, 0.2) is 17.3 Å². The van der Waals surface area contributed by atoms with Crippen molar-refractivity contribution in [2.24, 2.45) is 5.41 Å². The number of hydrogen-bond acceptors (Lipinski definition) is 5. The lowest BCUT2D eigenvalue weighted by Gasteiger charge is -2.27. The van der Waals surface area contributed by atoms with E-state index in [-0.39, 0.29) is 30.1 Å². The molecule has 2 fully saturated rings. The summed E-state index contributed by atoms with van der Waals surface area (Å²) in [5.74, 6) is -5.01. The number of aromatic carboxylic acids is 1. The number of piperidine rings is 1. The number of rotatable bonds is 6. The zero-order valence-corrected chi connectivity index (χ0v) is 19.3. The highest BCUT2D eigenvalue weighted by Crippen LogP contribution is 2.59. The van der Waals surface area contributed by atoms with E-state index in [0.29, 0.717) is 17.3 Å². The van der Waals surface area contributed by atoms with Crippen LogP contribution in [0, 0.1) is 11.2 Å². The summed E-state index contributed by atoms with van der Waals surface area (Å²) >= 11 is 0. The summed E-state index contributed by atoms with van der Waals surface area (Å²) in [7, 11) is 0. The summed E-state index contributed by atoms with van der Waals surface area (Å²) < 4.78 is 57.2. The fraction of sp³-hybridized carbons (Fsp3) is 0.333. The van der Waals surface area contributed by atoms with Gasteiger partial charge in [-0.25, -0.2) is 9.18 Å². The Morgan fingerprint density at radius 2 is 1.89 bits per heavy atom. The van der Waals surface area contributed by atoms with Crippen LogP contribution in [0.15, 0.2) is 42.5 Å². The van der Waals surface area contributed by atoms with Crippen LogP contribution in [0.5, 0.6) is 5.75 Å². The summed E-state index contributed by atoms with van der Waals surface area (Å²) in [6, 6.07) is 8.20. The van der Waals surface area contributed by atoms with Crippen LogP contribution in [0.2, 0.25) is 0 Å². The summed E-state index contributed by atoms with van der Waals surface area (Å²) in [4.78, 5) is 39.5. The van der Waals surface area contributed by atoms with Crippen LogP contribution in [-0.4, -0.2) is 56.0 Å². The van der Waals surface area contributed by atoms with E-state index < -0.39 is 47.4 Å². The quantitative estimate of drug-likeness (QED) is 0.478. The van der Waals surface area contributed by atoms with Crippen molar-refractivity contribution in [1.82, 2.24) is 14.7 Å². The third-order valence-electron chi connectivity index (χ3n) is 6.82. The fourth-order valence-corrected chi connectivity index (χ4v) is 5.00. The zero-order valence-electron chi connectivity index (χ0n) is 19.3. The number of anilines is 1. The normalized spacial score (nSPS) is 22.6. The molecule has 3 atom stereocenters. The summed E-state index contributed by atoms with van der Waals surface area (Å²) in [5, 5.41) is 16.1. The molecule has 5 rings (SSSR count). The second-order valence-corrected chi connectivity index (χ2v) is 9.38. The highest BCUT2D eigenvalue weighted by atomic mass is 19.4. The van der Waals surface area contributed by atoms with Crippen molar-refractivity contribution in [2.45, 2.75) is 44.8 Å². The number of ether oxygens (including phenoxy) is 1. The Morgan fingerprint density at radius 1 is 1.16 bits per heavy atom. The molecule has 0 unspecified atom stereocenters. The number of halogens is 4. The molecule has 1 saturated heterocycles. The van der Waals surface area contributed by atoms with Gasteiger partial charge < -0.3 is 20.1 Å². The monoisotopic (exact) mass is 520 g/mol. The third-order valence-corrected chi connectivity index (χ3v) is 6.82. The van der Waals surface area contributed by atoms with Gasteiger partial charge in [0.2, 0.25) is 11.8 Å². The van der Waals surface area contributed by atoms with Crippen LogP contribution in [-0.2, 0) is 16.1 Å². The van der Waals surface area contributed by atoms with Gasteiger partial charge in [-0.1, -0.05) is 31.2 Å². The van der Waals surface area contributed by atoms with E-state index in [1.165, 1.54) is 9.58 Å². The molecule has 1 aliphatic carbocycles. The first-order chi connectivity index (χ1) is 17.4. The number of hydrogen-bond donors (Lipinski definition) is 2. The topological polar surface area (TPSA) is 114 Å². The average Bonchev–Trinajstić information content (AvgIpc) is 3.18. The number of para-hydroxylation sites is 1. The molecular weight excluding hydrogens is 500 g/mol. The first kappa shape index (κ1) is 24.5. The average molecular weight is 520 g/mol. The van der Waals surface area contributed by atoms with E-state index in [4.69, 9.17) is 0 Å². The van der Waals surface area contributed by atoms with Crippen LogP contribution >= 0.6 is 0 Å². The van der Waals surface area contributed by atoms with Gasteiger partial charge in [0, 0.05) is 11.4 Å². The predicted octanol–water partition coefficient (Wildman–Crippen LogP) is 3.79. The van der Waals surface area contributed by atoms with Crippen LogP contribution in [0.1, 0.15) is 30.3 Å². The summed E-state index contributed by atoms with van der Waals surface area (Å²) in [6.07, 6.45) is -4.20. The molecule has 0 bridgehead atoms. The Hall–Kier alpha value is -4.16. The maximum absolute atomic E-state index is 14.6. The van der Waals surface area contributed by atoms with Gasteiger partial charge in [-0.15, -0.1) is 13.2 Å². The summed E-state index contributed by atoms with van der Waals surface area (Å²) in [6.45, 7) is 1.56. The van der Waals surface area contributed by atoms with Crippen LogP contribution in [0.3, 0.4) is 0 Å². The molecule has 2 aliphatic rings. The number of benzene rings is 2. The van der Waals surface area contributed by atoms with Crippen molar-refractivity contribution in [1.29, 1.82) is 0 Å². The third kappa shape index (κ3) is 4.45. The molecule has 2 aromatic carbocycles. The molecular formula is C24H20F4N4O5. The number of nitrogens with zero attached hydrogens (tertiary/aromatic N) is 3. The molecule has 13 heteroatoms. The Bertz CT molecular complexity index is 1440. The Labute approximate surface area is 206 Å². The molecule has 2 heterocycles. The van der Waals surface area contributed by atoms with Crippen molar-refractivity contribution >= 4 is 34.4 Å². The lowest BCUT2D eigenvalue weighted by molar-refractivity contribution is -0.275. The van der Waals surface area contributed by atoms with Crippen molar-refractivity contribution in [3.8, 4) is 5.75 Å². The largest absolute Gasteiger partial charge is 0.573 e. The van der Waals surface area contributed by atoms with Crippen LogP contribution in [0.25, 0.3) is 10.9 Å². The standard InChI is InChI=1S/C24H20F4N4O5/c1-23-9-15(21(34)29-13-6-4-8-16(19(13)25)37-24(26,27)28)32(17(23)10-23)18(33)11-31-14-7-3-2-5-12(14)20(30-31)22(35)36/h2-8,15,17H,9-11H2,1H3,(H,29,34)(H,35,36)/t15-,17+,23-/m0/s1. The zero-order chi connectivity index (χ0) is 26.7. The van der Waals surface area contributed by atoms with Gasteiger partial charge in [0.25, 0.3) is 0 Å². The van der Waals surface area contributed by atoms with Gasteiger partial charge in [-0.2, -0.15) is 5.10 Å². The van der Waals surface area contributed by atoms with Crippen LogP contribution < -0.4 is 10.1 Å². The molecule has 2 N–H and O–H groups in total. The molecule has 1 aliphatic heterocycles. The first-order valence-electron chi connectivity index (χ1n) is 11.2. The molecule has 0 radical (unpaired) electrons. The molecule has 2 amide bonds. The lowest BCUT2D eigenvalue weighted by Crippen LogP contribution is -2.46. The molecule has 0 spiro atoms. The van der Waals surface area contributed by atoms with E-state index in [1.54, 1.807) is 24.3 Å². The first-order valence-corrected chi connectivity index (χ1v) is 11.2. The minimum atomic E-state index is -5.12. The molecule has 194 valence electrons. The number of nitrogens with one attached hydrogen (secondary N) is 1. The van der Waals surface area contributed by atoms with Crippen molar-refractivity contribution in [3.05, 3.63) is 54.0 Å². The van der Waals surface area contributed by atoms with E-state index >= 15 is 0 Å². The van der Waals surface area contributed by atoms with Gasteiger partial charge in [-0.05, 0) is 36.5 Å². The minimum absolute atomic E-state index is 0.216. The molecule has 1 aromatic heterocycles. The second-order valence-electron chi connectivity index (χ2n) is 9.38. The summed E-state index contributed by atoms with van der Waals surface area (Å²) in [5.41, 5.74) is -0.646. The number of fused-ring (bicyclic) bond motifs is 2. The van der Waals surface area contributed by atoms with Crippen molar-refractivity contribution < 1.29 is 41.8 Å². The number of aromatic nitrogens is 2. The highest BCUT2D eigenvalue weighted by molar-refractivity contribution is 6.02. The van der Waals surface area contributed by atoms with Crippen LogP contribution in [0.4, 0.5) is 23.2 Å². The van der Waals surface area contributed by atoms with Gasteiger partial charge in [-0.3, -0.25) is 14.3 Å². The number of carboxylic acid groups (broad SMARTS) is 1. The second kappa shape index (κ2) is 8.46. The Kier molecular flexibility index (Phi) is 5.61. The molecule has 37 heavy (non-hydrogen) atoms. The van der Waals surface area contributed by atoms with E-state index in [9.17, 15) is 37.1 Å². The number of likely N-dealkylation sites (tertiary alicyclic amines) is 1. The maximum Gasteiger partial charge on any atom is 0.573 e. The molecule has 3 aromatic rings. The number of carbonyl (C=O) groups is 3. The van der Waals surface area contributed by atoms with E-state index in [1.807, 2.05) is 6.92 Å². The fourth-order valence-electron chi connectivity index (χ4n) is 5.00. The Balaban J connectivity index is 1.38. The van der Waals surface area contributed by atoms with E-state index in [2.05, 4.69) is 15.2 Å². The molecule has 9 nitrogen and oxygen atoms in total. The predicted molar refractivity (Wildman–Crippen MR) is 120 cm³/mol. The lowest BCUT2D eigenvalue weighted by atomic mass is 10.0. The number of carbonyl (C=O) groups excluding carboxylic acids is 2. The highest BCUT2D eigenvalue weighted by Gasteiger charge is 2.64. The van der Waals surface area contributed by atoms with Crippen molar-refractivity contribution in [2.75, 3.05) is 5.32 Å². The number of amides is 2. The molecule has 1 saturated carbocycles. The van der Waals surface area contributed by atoms with E-state index in [0.717, 1.165) is 18.2 Å².